The highest BCUT2D eigenvalue weighted by Gasteiger charge is 2.17. The van der Waals surface area contributed by atoms with Crippen LogP contribution in [0.1, 0.15) is 13.8 Å². The molecule has 0 saturated heterocycles. The minimum atomic E-state index is -0.514. The van der Waals surface area contributed by atoms with Crippen molar-refractivity contribution in [1.82, 2.24) is 0 Å². The summed E-state index contributed by atoms with van der Waals surface area (Å²) >= 11 is 0. The largest absolute Gasteiger partial charge is 0.493 e. The number of methoxy groups -OCH3 is 1. The first kappa shape index (κ1) is 18.8. The van der Waals surface area contributed by atoms with Crippen molar-refractivity contribution >= 4 is 16.7 Å². The second-order valence-corrected chi connectivity index (χ2v) is 5.61. The van der Waals surface area contributed by atoms with Crippen LogP contribution in [0.15, 0.2) is 48.6 Å². The van der Waals surface area contributed by atoms with Gasteiger partial charge in [0.15, 0.2) is 6.10 Å². The maximum absolute atomic E-state index is 11.7. The van der Waals surface area contributed by atoms with Gasteiger partial charge in [-0.15, -0.1) is 0 Å². The fourth-order valence-corrected chi connectivity index (χ4v) is 2.39. The van der Waals surface area contributed by atoms with Gasteiger partial charge in [-0.2, -0.15) is 0 Å². The number of esters is 1. The number of hydrogen-bond donors (Lipinski definition) is 0. The zero-order valence-electron chi connectivity index (χ0n) is 14.9. The van der Waals surface area contributed by atoms with E-state index in [0.717, 1.165) is 16.5 Å². The van der Waals surface area contributed by atoms with E-state index in [1.807, 2.05) is 43.3 Å². The van der Waals surface area contributed by atoms with Crippen molar-refractivity contribution in [2.75, 3.05) is 26.9 Å². The van der Waals surface area contributed by atoms with Crippen molar-refractivity contribution in [2.24, 2.45) is 0 Å². The van der Waals surface area contributed by atoms with Crippen LogP contribution in [0.2, 0.25) is 0 Å². The lowest BCUT2D eigenvalue weighted by atomic mass is 10.1. The topological polar surface area (TPSA) is 54.0 Å². The lowest BCUT2D eigenvalue weighted by Gasteiger charge is -2.19. The predicted molar refractivity (Wildman–Crippen MR) is 97.2 cm³/mol. The summed E-state index contributed by atoms with van der Waals surface area (Å²) in [5.41, 5.74) is 0.340. The smallest absolute Gasteiger partial charge is 0.333 e. The number of hydrogen-bond acceptors (Lipinski definition) is 5. The second-order valence-electron chi connectivity index (χ2n) is 5.61. The first-order valence-corrected chi connectivity index (χ1v) is 8.19. The quantitative estimate of drug-likeness (QED) is 0.512. The van der Waals surface area contributed by atoms with Gasteiger partial charge in [0.05, 0.1) is 13.2 Å². The molecule has 0 fully saturated rings. The Balaban J connectivity index is 2.17. The van der Waals surface area contributed by atoms with Gasteiger partial charge in [0, 0.05) is 23.5 Å². The Morgan fingerprint density at radius 2 is 1.64 bits per heavy atom. The van der Waals surface area contributed by atoms with E-state index in [-0.39, 0.29) is 13.2 Å². The van der Waals surface area contributed by atoms with E-state index < -0.39 is 12.1 Å². The Bertz CT molecular complexity index is 738. The van der Waals surface area contributed by atoms with Gasteiger partial charge < -0.3 is 18.9 Å². The van der Waals surface area contributed by atoms with Crippen LogP contribution in [0.5, 0.6) is 11.5 Å². The van der Waals surface area contributed by atoms with E-state index in [4.69, 9.17) is 18.9 Å². The van der Waals surface area contributed by atoms with Gasteiger partial charge in [0.1, 0.15) is 18.1 Å². The molecule has 0 amide bonds. The van der Waals surface area contributed by atoms with Gasteiger partial charge in [-0.3, -0.25) is 0 Å². The van der Waals surface area contributed by atoms with Crippen LogP contribution >= 0.6 is 0 Å². The zero-order valence-corrected chi connectivity index (χ0v) is 14.9. The molecule has 5 nitrogen and oxygen atoms in total. The molecular weight excluding hydrogens is 320 g/mol. The SMILES string of the molecule is C=C(C)C(=O)OC(COC)COc1ccc(OCC)c2ccccc12. The number of rotatable bonds is 9. The van der Waals surface area contributed by atoms with E-state index in [1.165, 1.54) is 0 Å². The molecule has 0 heterocycles. The van der Waals surface area contributed by atoms with Crippen LogP contribution in [0.25, 0.3) is 10.8 Å². The number of ether oxygens (including phenoxy) is 4. The zero-order chi connectivity index (χ0) is 18.2. The van der Waals surface area contributed by atoms with Gasteiger partial charge in [0.2, 0.25) is 0 Å². The average Bonchev–Trinajstić information content (AvgIpc) is 2.61. The Kier molecular flexibility index (Phi) is 6.83. The van der Waals surface area contributed by atoms with Gasteiger partial charge in [-0.1, -0.05) is 30.8 Å². The first-order chi connectivity index (χ1) is 12.1. The van der Waals surface area contributed by atoms with Crippen LogP contribution in [0.3, 0.4) is 0 Å². The van der Waals surface area contributed by atoms with Gasteiger partial charge in [0.25, 0.3) is 0 Å². The highest BCUT2D eigenvalue weighted by Crippen LogP contribution is 2.33. The summed E-state index contributed by atoms with van der Waals surface area (Å²) in [6.07, 6.45) is -0.514. The molecule has 0 spiro atoms. The Hall–Kier alpha value is -2.53. The molecule has 1 atom stereocenters. The molecule has 0 N–H and O–H groups in total. The van der Waals surface area contributed by atoms with Crippen LogP contribution in [-0.2, 0) is 14.3 Å². The van der Waals surface area contributed by atoms with E-state index in [2.05, 4.69) is 6.58 Å². The maximum Gasteiger partial charge on any atom is 0.333 e. The van der Waals surface area contributed by atoms with E-state index in [9.17, 15) is 4.79 Å². The normalized spacial score (nSPS) is 11.8. The summed E-state index contributed by atoms with van der Waals surface area (Å²) < 4.78 is 22.0. The van der Waals surface area contributed by atoms with Crippen LogP contribution in [-0.4, -0.2) is 39.0 Å². The molecule has 0 saturated carbocycles. The van der Waals surface area contributed by atoms with Crippen molar-refractivity contribution < 1.29 is 23.7 Å². The molecule has 0 aliphatic heterocycles. The average molecular weight is 344 g/mol. The van der Waals surface area contributed by atoms with Crippen molar-refractivity contribution in [2.45, 2.75) is 20.0 Å². The number of carbonyl (C=O) groups excluding carboxylic acids is 1. The van der Waals surface area contributed by atoms with Gasteiger partial charge in [-0.05, 0) is 26.0 Å². The fraction of sp³-hybridized carbons (Fsp3) is 0.350. The van der Waals surface area contributed by atoms with Crippen LogP contribution in [0.4, 0.5) is 0 Å². The number of carbonyl (C=O) groups is 1. The second kappa shape index (κ2) is 9.08. The van der Waals surface area contributed by atoms with Crippen LogP contribution < -0.4 is 9.47 Å². The molecule has 2 aromatic carbocycles. The molecule has 0 aliphatic rings. The van der Waals surface area contributed by atoms with Gasteiger partial charge >= 0.3 is 5.97 Å². The standard InChI is InChI=1S/C20H24O5/c1-5-23-18-10-11-19(17-9-7-6-8-16(17)18)24-13-15(12-22-4)25-20(21)14(2)3/h6-11,15H,2,5,12-13H2,1,3-4H3. The first-order valence-electron chi connectivity index (χ1n) is 8.19. The molecule has 2 aromatic rings. The summed E-state index contributed by atoms with van der Waals surface area (Å²) in [7, 11) is 1.55. The van der Waals surface area contributed by atoms with Crippen molar-refractivity contribution in [3.63, 3.8) is 0 Å². The molecule has 25 heavy (non-hydrogen) atoms. The third-order valence-electron chi connectivity index (χ3n) is 3.54. The molecular formula is C20H24O5. The van der Waals surface area contributed by atoms with Crippen molar-refractivity contribution in [3.8, 4) is 11.5 Å². The molecule has 1 unspecified atom stereocenters. The minimum absolute atomic E-state index is 0.185. The summed E-state index contributed by atoms with van der Waals surface area (Å²) in [4.78, 5) is 11.7. The van der Waals surface area contributed by atoms with Crippen LogP contribution in [0, 0.1) is 0 Å². The number of fused-ring (bicyclic) bond motifs is 1. The molecule has 134 valence electrons. The van der Waals surface area contributed by atoms with E-state index in [1.54, 1.807) is 14.0 Å². The highest BCUT2D eigenvalue weighted by atomic mass is 16.6. The van der Waals surface area contributed by atoms with Crippen molar-refractivity contribution in [3.05, 3.63) is 48.6 Å². The molecule has 0 aliphatic carbocycles. The Labute approximate surface area is 148 Å². The summed E-state index contributed by atoms with van der Waals surface area (Å²) in [5, 5.41) is 1.92. The fourth-order valence-electron chi connectivity index (χ4n) is 2.39. The van der Waals surface area contributed by atoms with Gasteiger partial charge in [-0.25, -0.2) is 4.79 Å². The lowest BCUT2D eigenvalue weighted by molar-refractivity contribution is -0.148. The number of benzene rings is 2. The Morgan fingerprint density at radius 1 is 1.04 bits per heavy atom. The molecule has 0 radical (unpaired) electrons. The Morgan fingerprint density at radius 3 is 2.16 bits per heavy atom. The predicted octanol–water partition coefficient (Wildman–Crippen LogP) is 3.75. The monoisotopic (exact) mass is 344 g/mol. The highest BCUT2D eigenvalue weighted by molar-refractivity contribution is 5.93. The molecule has 0 aromatic heterocycles. The van der Waals surface area contributed by atoms with E-state index in [0.29, 0.717) is 17.9 Å². The minimum Gasteiger partial charge on any atom is -0.493 e. The van der Waals surface area contributed by atoms with Crippen molar-refractivity contribution in [1.29, 1.82) is 0 Å². The third kappa shape index (κ3) is 4.97. The molecule has 2 rings (SSSR count). The summed E-state index contributed by atoms with van der Waals surface area (Å²) in [5.74, 6) is 1.06. The van der Waals surface area contributed by atoms with E-state index >= 15 is 0 Å². The third-order valence-corrected chi connectivity index (χ3v) is 3.54. The molecule has 0 bridgehead atoms. The summed E-state index contributed by atoms with van der Waals surface area (Å²) in [6.45, 7) is 8.16. The maximum atomic E-state index is 11.7. The summed E-state index contributed by atoms with van der Waals surface area (Å²) in [6, 6.07) is 11.6. The molecule has 5 heteroatoms. The lowest BCUT2D eigenvalue weighted by Crippen LogP contribution is -2.29.